The molecular weight excluding hydrogens is 288 g/mol. The maximum Gasteiger partial charge on any atom is 0.189 e. The van der Waals surface area contributed by atoms with E-state index >= 15 is 0 Å². The molecule has 0 fully saturated rings. The second-order valence-corrected chi connectivity index (χ2v) is 7.14. The Labute approximate surface area is 119 Å². The van der Waals surface area contributed by atoms with Crippen LogP contribution >= 0.6 is 34.7 Å². The van der Waals surface area contributed by atoms with E-state index in [1.54, 1.807) is 11.3 Å². The molecule has 1 aliphatic rings. The van der Waals surface area contributed by atoms with Gasteiger partial charge in [0.05, 0.1) is 22.4 Å². The molecule has 18 heavy (non-hydrogen) atoms. The fourth-order valence-electron chi connectivity index (χ4n) is 2.10. The monoisotopic (exact) mass is 300 g/mol. The Hall–Kier alpha value is -0.360. The summed E-state index contributed by atoms with van der Waals surface area (Å²) in [5, 5.41) is 1.28. The average Bonchev–Trinajstić information content (AvgIpc) is 2.65. The Morgan fingerprint density at radius 1 is 1.39 bits per heavy atom. The number of nitrogens with zero attached hydrogens (tertiary/aromatic N) is 2. The van der Waals surface area contributed by atoms with Crippen LogP contribution in [0.2, 0.25) is 5.15 Å². The quantitative estimate of drug-likeness (QED) is 0.454. The molecule has 3 rings (SSSR count). The van der Waals surface area contributed by atoms with Gasteiger partial charge in [-0.1, -0.05) is 23.4 Å². The molecule has 0 radical (unpaired) electrons. The van der Waals surface area contributed by atoms with Gasteiger partial charge in [0.1, 0.15) is 0 Å². The minimum Gasteiger partial charge on any atom is -0.370 e. The SMILES string of the molecule is CSc1nc(Cl)c2sc3c(c2n1)COC(C)(C)C3. The highest BCUT2D eigenvalue weighted by Crippen LogP contribution is 2.40. The van der Waals surface area contributed by atoms with Crippen LogP contribution in [-0.2, 0) is 17.8 Å². The highest BCUT2D eigenvalue weighted by atomic mass is 35.5. The smallest absolute Gasteiger partial charge is 0.189 e. The van der Waals surface area contributed by atoms with Crippen molar-refractivity contribution in [2.24, 2.45) is 0 Å². The van der Waals surface area contributed by atoms with Crippen LogP contribution in [0.4, 0.5) is 0 Å². The van der Waals surface area contributed by atoms with E-state index < -0.39 is 0 Å². The number of aromatic nitrogens is 2. The third-order valence-electron chi connectivity index (χ3n) is 3.03. The zero-order chi connectivity index (χ0) is 12.9. The Morgan fingerprint density at radius 3 is 2.89 bits per heavy atom. The molecule has 0 N–H and O–H groups in total. The molecule has 96 valence electrons. The van der Waals surface area contributed by atoms with Crippen LogP contribution in [0.1, 0.15) is 24.3 Å². The van der Waals surface area contributed by atoms with Gasteiger partial charge in [-0.05, 0) is 20.1 Å². The van der Waals surface area contributed by atoms with Crippen molar-refractivity contribution in [2.75, 3.05) is 6.26 Å². The maximum absolute atomic E-state index is 6.24. The highest BCUT2D eigenvalue weighted by Gasteiger charge is 2.30. The van der Waals surface area contributed by atoms with Gasteiger partial charge in [-0.2, -0.15) is 0 Å². The molecule has 0 unspecified atom stereocenters. The molecule has 6 heteroatoms. The van der Waals surface area contributed by atoms with Crippen molar-refractivity contribution in [2.45, 2.75) is 37.6 Å². The van der Waals surface area contributed by atoms with E-state index in [2.05, 4.69) is 23.8 Å². The van der Waals surface area contributed by atoms with Gasteiger partial charge >= 0.3 is 0 Å². The van der Waals surface area contributed by atoms with E-state index in [1.807, 2.05) is 6.26 Å². The molecule has 0 aromatic carbocycles. The fourth-order valence-corrected chi connectivity index (χ4v) is 4.14. The second kappa shape index (κ2) is 4.34. The maximum atomic E-state index is 6.24. The molecule has 0 bridgehead atoms. The third kappa shape index (κ3) is 2.03. The lowest BCUT2D eigenvalue weighted by atomic mass is 9.98. The summed E-state index contributed by atoms with van der Waals surface area (Å²) in [5.41, 5.74) is 2.06. The van der Waals surface area contributed by atoms with E-state index in [0.29, 0.717) is 11.8 Å². The molecule has 0 spiro atoms. The number of hydrogen-bond donors (Lipinski definition) is 0. The summed E-state index contributed by atoms with van der Waals surface area (Å²) in [7, 11) is 0. The largest absolute Gasteiger partial charge is 0.370 e. The van der Waals surface area contributed by atoms with Crippen LogP contribution in [0.5, 0.6) is 0 Å². The zero-order valence-corrected chi connectivity index (χ0v) is 12.8. The molecule has 0 atom stereocenters. The molecule has 1 aliphatic heterocycles. The molecule has 0 saturated carbocycles. The summed E-state index contributed by atoms with van der Waals surface area (Å²) in [6.07, 6.45) is 2.87. The number of rotatable bonds is 1. The van der Waals surface area contributed by atoms with Gasteiger partial charge in [-0.25, -0.2) is 9.97 Å². The second-order valence-electron chi connectivity index (χ2n) is 4.91. The van der Waals surface area contributed by atoms with Crippen molar-refractivity contribution in [1.29, 1.82) is 0 Å². The Kier molecular flexibility index (Phi) is 3.05. The lowest BCUT2D eigenvalue weighted by Crippen LogP contribution is -2.30. The van der Waals surface area contributed by atoms with Gasteiger partial charge < -0.3 is 4.74 Å². The van der Waals surface area contributed by atoms with Crippen LogP contribution in [0, 0.1) is 0 Å². The number of thioether (sulfide) groups is 1. The average molecular weight is 301 g/mol. The van der Waals surface area contributed by atoms with Crippen molar-refractivity contribution in [3.63, 3.8) is 0 Å². The number of hydrogen-bond acceptors (Lipinski definition) is 5. The minimum atomic E-state index is -0.101. The van der Waals surface area contributed by atoms with E-state index in [1.165, 1.54) is 22.2 Å². The van der Waals surface area contributed by atoms with Crippen molar-refractivity contribution in [3.05, 3.63) is 15.6 Å². The van der Waals surface area contributed by atoms with Gasteiger partial charge in [0.15, 0.2) is 10.3 Å². The van der Waals surface area contributed by atoms with Crippen molar-refractivity contribution in [1.82, 2.24) is 9.97 Å². The molecule has 3 heterocycles. The van der Waals surface area contributed by atoms with E-state index in [4.69, 9.17) is 16.3 Å². The molecule has 2 aromatic heterocycles. The fraction of sp³-hybridized carbons (Fsp3) is 0.500. The molecule has 0 saturated heterocycles. The normalized spacial score (nSPS) is 18.0. The van der Waals surface area contributed by atoms with Crippen LogP contribution in [0.3, 0.4) is 0 Å². The van der Waals surface area contributed by atoms with E-state index in [-0.39, 0.29) is 5.60 Å². The standard InChI is InChI=1S/C12H13ClN2OS2/c1-12(2)4-7-6(5-16-12)8-9(18-7)10(13)15-11(14-8)17-3/h4-5H2,1-3H3. The van der Waals surface area contributed by atoms with Crippen molar-refractivity contribution < 1.29 is 4.74 Å². The first-order valence-corrected chi connectivity index (χ1v) is 8.08. The summed E-state index contributed by atoms with van der Waals surface area (Å²) in [4.78, 5) is 10.2. The van der Waals surface area contributed by atoms with Crippen LogP contribution in [0.25, 0.3) is 10.2 Å². The van der Waals surface area contributed by atoms with Crippen LogP contribution < -0.4 is 0 Å². The Balaban J connectivity index is 2.22. The van der Waals surface area contributed by atoms with E-state index in [9.17, 15) is 0 Å². The Morgan fingerprint density at radius 2 is 2.17 bits per heavy atom. The van der Waals surface area contributed by atoms with Gasteiger partial charge in [-0.3, -0.25) is 0 Å². The van der Waals surface area contributed by atoms with E-state index in [0.717, 1.165) is 21.8 Å². The molecule has 2 aromatic rings. The zero-order valence-electron chi connectivity index (χ0n) is 10.4. The van der Waals surface area contributed by atoms with Gasteiger partial charge in [-0.15, -0.1) is 11.3 Å². The van der Waals surface area contributed by atoms with Crippen molar-refractivity contribution in [3.8, 4) is 0 Å². The highest BCUT2D eigenvalue weighted by molar-refractivity contribution is 7.98. The van der Waals surface area contributed by atoms with Gasteiger partial charge in [0, 0.05) is 16.9 Å². The summed E-state index contributed by atoms with van der Waals surface area (Å²) in [6.45, 7) is 4.84. The predicted molar refractivity (Wildman–Crippen MR) is 76.8 cm³/mol. The first-order valence-electron chi connectivity index (χ1n) is 5.66. The summed E-state index contributed by atoms with van der Waals surface area (Å²) < 4.78 is 6.85. The van der Waals surface area contributed by atoms with Crippen molar-refractivity contribution >= 4 is 44.9 Å². The first kappa shape index (κ1) is 12.7. The van der Waals surface area contributed by atoms with Gasteiger partial charge in [0.2, 0.25) is 0 Å². The lowest BCUT2D eigenvalue weighted by molar-refractivity contribution is -0.0383. The van der Waals surface area contributed by atoms with Crippen LogP contribution in [0.15, 0.2) is 5.16 Å². The minimum absolute atomic E-state index is 0.101. The third-order valence-corrected chi connectivity index (χ3v) is 5.19. The Bertz CT molecular complexity index is 624. The summed E-state index contributed by atoms with van der Waals surface area (Å²) in [5.74, 6) is 0. The topological polar surface area (TPSA) is 35.0 Å². The molecular formula is C12H13ClN2OS2. The number of thiophene rings is 1. The summed E-state index contributed by atoms with van der Waals surface area (Å²) >= 11 is 9.45. The summed E-state index contributed by atoms with van der Waals surface area (Å²) in [6, 6.07) is 0. The van der Waals surface area contributed by atoms with Crippen LogP contribution in [-0.4, -0.2) is 21.8 Å². The first-order chi connectivity index (χ1) is 8.50. The number of fused-ring (bicyclic) bond motifs is 3. The molecule has 0 amide bonds. The molecule has 0 aliphatic carbocycles. The van der Waals surface area contributed by atoms with Gasteiger partial charge in [0.25, 0.3) is 0 Å². The lowest BCUT2D eigenvalue weighted by Gasteiger charge is -2.29. The number of halogens is 1. The number of ether oxygens (including phenoxy) is 1. The molecule has 3 nitrogen and oxygen atoms in total. The predicted octanol–water partition coefficient (Wildman–Crippen LogP) is 3.92.